The minimum atomic E-state index is -0.546. The van der Waals surface area contributed by atoms with E-state index in [0.29, 0.717) is 0 Å². The molecule has 0 spiro atoms. The smallest absolute Gasteiger partial charge is 0.267 e. The standard InChI is InChI=1S/C10H11N5O/c1-15-6-8(5-13-15)14-7-2-3-12-9(4-7)10(11)16/h2-6H,1H3,(H2,11,16)(H,12,14). The summed E-state index contributed by atoms with van der Waals surface area (Å²) in [6.45, 7) is 0. The van der Waals surface area contributed by atoms with Gasteiger partial charge in [0.25, 0.3) is 5.91 Å². The van der Waals surface area contributed by atoms with Crippen molar-refractivity contribution >= 4 is 17.3 Å². The molecule has 0 bridgehead atoms. The lowest BCUT2D eigenvalue weighted by molar-refractivity contribution is 0.0995. The molecule has 0 aliphatic rings. The first-order chi connectivity index (χ1) is 7.65. The molecule has 0 fully saturated rings. The Hall–Kier alpha value is -2.37. The zero-order valence-corrected chi connectivity index (χ0v) is 8.71. The van der Waals surface area contributed by atoms with Crippen molar-refractivity contribution in [3.05, 3.63) is 36.4 Å². The molecule has 0 saturated carbocycles. The molecule has 0 unspecified atom stereocenters. The number of aryl methyl sites for hydroxylation is 1. The Morgan fingerprint density at radius 1 is 1.50 bits per heavy atom. The van der Waals surface area contributed by atoms with Crippen molar-refractivity contribution in [1.29, 1.82) is 0 Å². The van der Waals surface area contributed by atoms with Crippen molar-refractivity contribution < 1.29 is 4.79 Å². The maximum Gasteiger partial charge on any atom is 0.267 e. The van der Waals surface area contributed by atoms with E-state index in [-0.39, 0.29) is 5.69 Å². The fourth-order valence-electron chi connectivity index (χ4n) is 1.30. The van der Waals surface area contributed by atoms with Crippen LogP contribution in [0.2, 0.25) is 0 Å². The highest BCUT2D eigenvalue weighted by Gasteiger charge is 2.03. The van der Waals surface area contributed by atoms with Gasteiger partial charge in [-0.1, -0.05) is 0 Å². The predicted octanol–water partition coefficient (Wildman–Crippen LogP) is 0.658. The number of primary amides is 1. The summed E-state index contributed by atoms with van der Waals surface area (Å²) in [7, 11) is 1.83. The normalized spacial score (nSPS) is 10.1. The van der Waals surface area contributed by atoms with Crippen LogP contribution in [0.15, 0.2) is 30.7 Å². The quantitative estimate of drug-likeness (QED) is 0.790. The van der Waals surface area contributed by atoms with Crippen molar-refractivity contribution in [1.82, 2.24) is 14.8 Å². The predicted molar refractivity (Wildman–Crippen MR) is 59.2 cm³/mol. The number of aromatic nitrogens is 3. The monoisotopic (exact) mass is 217 g/mol. The largest absolute Gasteiger partial charge is 0.364 e. The number of nitrogens with two attached hydrogens (primary N) is 1. The number of nitrogens with zero attached hydrogens (tertiary/aromatic N) is 3. The van der Waals surface area contributed by atoms with E-state index >= 15 is 0 Å². The summed E-state index contributed by atoms with van der Waals surface area (Å²) in [5.74, 6) is -0.546. The highest BCUT2D eigenvalue weighted by atomic mass is 16.1. The van der Waals surface area contributed by atoms with Crippen LogP contribution in [0.5, 0.6) is 0 Å². The Labute approximate surface area is 92.1 Å². The molecule has 2 rings (SSSR count). The third-order valence-electron chi connectivity index (χ3n) is 2.01. The van der Waals surface area contributed by atoms with E-state index < -0.39 is 5.91 Å². The summed E-state index contributed by atoms with van der Waals surface area (Å²) in [6.07, 6.45) is 5.04. The van der Waals surface area contributed by atoms with Crippen LogP contribution in [-0.4, -0.2) is 20.7 Å². The number of nitrogens with one attached hydrogen (secondary N) is 1. The van der Waals surface area contributed by atoms with Gasteiger partial charge < -0.3 is 11.1 Å². The van der Waals surface area contributed by atoms with Gasteiger partial charge in [0.1, 0.15) is 5.69 Å². The molecule has 82 valence electrons. The third-order valence-corrected chi connectivity index (χ3v) is 2.01. The molecule has 6 nitrogen and oxygen atoms in total. The molecule has 0 aliphatic carbocycles. The van der Waals surface area contributed by atoms with Crippen LogP contribution in [-0.2, 0) is 7.05 Å². The Morgan fingerprint density at radius 3 is 2.94 bits per heavy atom. The summed E-state index contributed by atoms with van der Waals surface area (Å²) in [6, 6.07) is 3.34. The molecule has 2 aromatic heterocycles. The first-order valence-electron chi connectivity index (χ1n) is 4.66. The lowest BCUT2D eigenvalue weighted by Crippen LogP contribution is -2.12. The van der Waals surface area contributed by atoms with Crippen LogP contribution >= 0.6 is 0 Å². The number of rotatable bonds is 3. The van der Waals surface area contributed by atoms with Crippen molar-refractivity contribution in [3.8, 4) is 0 Å². The van der Waals surface area contributed by atoms with Crippen molar-refractivity contribution in [2.75, 3.05) is 5.32 Å². The van der Waals surface area contributed by atoms with Gasteiger partial charge in [0.05, 0.1) is 11.9 Å². The lowest BCUT2D eigenvalue weighted by Gasteiger charge is -2.03. The summed E-state index contributed by atoms with van der Waals surface area (Å²) in [5, 5.41) is 7.11. The maximum absolute atomic E-state index is 10.9. The van der Waals surface area contributed by atoms with Crippen molar-refractivity contribution in [3.63, 3.8) is 0 Å². The minimum Gasteiger partial charge on any atom is -0.364 e. The van der Waals surface area contributed by atoms with Gasteiger partial charge >= 0.3 is 0 Å². The van der Waals surface area contributed by atoms with E-state index in [1.165, 1.54) is 6.20 Å². The van der Waals surface area contributed by atoms with Gasteiger partial charge in [0.2, 0.25) is 0 Å². The summed E-state index contributed by atoms with van der Waals surface area (Å²) >= 11 is 0. The van der Waals surface area contributed by atoms with Crippen LogP contribution in [0.3, 0.4) is 0 Å². The molecule has 0 aliphatic heterocycles. The van der Waals surface area contributed by atoms with Gasteiger partial charge in [-0.2, -0.15) is 5.10 Å². The number of pyridine rings is 1. The van der Waals surface area contributed by atoms with E-state index in [0.717, 1.165) is 11.4 Å². The molecule has 3 N–H and O–H groups in total. The average Bonchev–Trinajstić information content (AvgIpc) is 2.64. The van der Waals surface area contributed by atoms with Crippen molar-refractivity contribution in [2.24, 2.45) is 12.8 Å². The molecular weight excluding hydrogens is 206 g/mol. The van der Waals surface area contributed by atoms with Gasteiger partial charge in [-0.3, -0.25) is 14.5 Å². The molecule has 0 saturated heterocycles. The summed E-state index contributed by atoms with van der Waals surface area (Å²) < 4.78 is 1.68. The first kappa shape index (κ1) is 10.2. The second kappa shape index (κ2) is 4.01. The maximum atomic E-state index is 10.9. The summed E-state index contributed by atoms with van der Waals surface area (Å²) in [5.41, 5.74) is 6.95. The van der Waals surface area contributed by atoms with Crippen molar-refractivity contribution in [2.45, 2.75) is 0 Å². The van der Waals surface area contributed by atoms with Crippen LogP contribution < -0.4 is 11.1 Å². The van der Waals surface area contributed by atoms with E-state index in [2.05, 4.69) is 15.4 Å². The van der Waals surface area contributed by atoms with Gasteiger partial charge in [-0.05, 0) is 12.1 Å². The first-order valence-corrected chi connectivity index (χ1v) is 4.66. The fourth-order valence-corrected chi connectivity index (χ4v) is 1.30. The Morgan fingerprint density at radius 2 is 2.31 bits per heavy atom. The molecule has 16 heavy (non-hydrogen) atoms. The van der Waals surface area contributed by atoms with E-state index in [9.17, 15) is 4.79 Å². The topological polar surface area (TPSA) is 85.8 Å². The van der Waals surface area contributed by atoms with Crippen LogP contribution in [0.4, 0.5) is 11.4 Å². The molecule has 2 heterocycles. The molecule has 1 amide bonds. The summed E-state index contributed by atoms with van der Waals surface area (Å²) in [4.78, 5) is 14.8. The molecule has 0 radical (unpaired) electrons. The highest BCUT2D eigenvalue weighted by molar-refractivity contribution is 5.91. The van der Waals surface area contributed by atoms with E-state index in [4.69, 9.17) is 5.73 Å². The number of anilines is 2. The van der Waals surface area contributed by atoms with Gasteiger partial charge in [-0.15, -0.1) is 0 Å². The Balaban J connectivity index is 2.21. The van der Waals surface area contributed by atoms with Gasteiger partial charge in [0.15, 0.2) is 0 Å². The molecular formula is C10H11N5O. The van der Waals surface area contributed by atoms with E-state index in [1.807, 2.05) is 13.2 Å². The third kappa shape index (κ3) is 2.17. The Kier molecular flexibility index (Phi) is 2.55. The van der Waals surface area contributed by atoms with Crippen LogP contribution in [0.1, 0.15) is 10.5 Å². The lowest BCUT2D eigenvalue weighted by atomic mass is 10.3. The zero-order valence-electron chi connectivity index (χ0n) is 8.71. The van der Waals surface area contributed by atoms with Gasteiger partial charge in [0, 0.05) is 25.1 Å². The van der Waals surface area contributed by atoms with Crippen LogP contribution in [0.25, 0.3) is 0 Å². The van der Waals surface area contributed by atoms with Gasteiger partial charge in [-0.25, -0.2) is 0 Å². The van der Waals surface area contributed by atoms with E-state index in [1.54, 1.807) is 23.0 Å². The highest BCUT2D eigenvalue weighted by Crippen LogP contribution is 2.15. The molecule has 2 aromatic rings. The number of carbonyl (C=O) groups excluding carboxylic acids is 1. The fraction of sp³-hybridized carbons (Fsp3) is 0.100. The minimum absolute atomic E-state index is 0.230. The SMILES string of the molecule is Cn1cc(Nc2ccnc(C(N)=O)c2)cn1. The van der Waals surface area contributed by atoms with Crippen LogP contribution in [0, 0.1) is 0 Å². The second-order valence-electron chi connectivity index (χ2n) is 3.32. The second-order valence-corrected chi connectivity index (χ2v) is 3.32. The average molecular weight is 217 g/mol. The molecule has 0 atom stereocenters. The molecule has 0 aromatic carbocycles. The zero-order chi connectivity index (χ0) is 11.5. The number of carbonyl (C=O) groups is 1. The molecule has 6 heteroatoms. The number of amides is 1. The number of hydrogen-bond acceptors (Lipinski definition) is 4. The Bertz CT molecular complexity index is 519. The number of hydrogen-bond donors (Lipinski definition) is 2.